The largest absolute Gasteiger partial charge is 0.480 e. The lowest BCUT2D eigenvalue weighted by molar-refractivity contribution is -0.138. The van der Waals surface area contributed by atoms with Crippen molar-refractivity contribution in [1.29, 1.82) is 0 Å². The van der Waals surface area contributed by atoms with Crippen molar-refractivity contribution in [3.63, 3.8) is 0 Å². The van der Waals surface area contributed by atoms with Gasteiger partial charge in [-0.15, -0.1) is 0 Å². The van der Waals surface area contributed by atoms with Crippen LogP contribution in [0, 0.1) is 0 Å². The molecular weight excluding hydrogens is 130 g/mol. The van der Waals surface area contributed by atoms with Crippen molar-refractivity contribution in [3.8, 4) is 0 Å². The van der Waals surface area contributed by atoms with Crippen molar-refractivity contribution in [3.05, 3.63) is 24.8 Å². The van der Waals surface area contributed by atoms with Gasteiger partial charge in [-0.05, 0) is 6.42 Å². The van der Waals surface area contributed by atoms with Gasteiger partial charge < -0.3 is 10.8 Å². The zero-order valence-corrected chi connectivity index (χ0v) is 5.71. The molecule has 1 atom stereocenters. The maximum Gasteiger partial charge on any atom is 0.320 e. The Morgan fingerprint density at radius 2 is 2.30 bits per heavy atom. The van der Waals surface area contributed by atoms with Crippen molar-refractivity contribution in [2.75, 3.05) is 0 Å². The molecule has 0 aliphatic heterocycles. The zero-order valence-electron chi connectivity index (χ0n) is 5.71. The first-order valence-electron chi connectivity index (χ1n) is 2.86. The molecule has 0 heterocycles. The summed E-state index contributed by atoms with van der Waals surface area (Å²) in [6.07, 6.45) is 1.77. The second-order valence-corrected chi connectivity index (χ2v) is 2.01. The normalized spacial score (nSPS) is 12.1. The minimum atomic E-state index is -1.01. The molecule has 0 aromatic rings. The number of rotatable bonds is 4. The molecule has 0 fully saturated rings. The minimum absolute atomic E-state index is 0.263. The topological polar surface area (TPSA) is 63.3 Å². The fourth-order valence-electron chi connectivity index (χ4n) is 0.453. The van der Waals surface area contributed by atoms with E-state index in [4.69, 9.17) is 10.8 Å². The van der Waals surface area contributed by atoms with Crippen LogP contribution in [0.25, 0.3) is 0 Å². The van der Waals surface area contributed by atoms with Crippen LogP contribution < -0.4 is 5.73 Å². The molecule has 0 rings (SSSR count). The van der Waals surface area contributed by atoms with E-state index < -0.39 is 12.0 Å². The summed E-state index contributed by atoms with van der Waals surface area (Å²) in [6.45, 7) is 6.96. The van der Waals surface area contributed by atoms with Gasteiger partial charge in [0, 0.05) is 0 Å². The van der Waals surface area contributed by atoms with Gasteiger partial charge in [-0.3, -0.25) is 4.79 Å². The van der Waals surface area contributed by atoms with E-state index in [1.807, 2.05) is 0 Å². The maximum absolute atomic E-state index is 10.2. The monoisotopic (exact) mass is 141 g/mol. The Hall–Kier alpha value is -1.09. The summed E-state index contributed by atoms with van der Waals surface area (Å²) < 4.78 is 0. The van der Waals surface area contributed by atoms with Crippen molar-refractivity contribution >= 4 is 5.97 Å². The summed E-state index contributed by atoms with van der Waals surface area (Å²) in [7, 11) is 0. The fourth-order valence-corrected chi connectivity index (χ4v) is 0.453. The molecule has 0 saturated heterocycles. The van der Waals surface area contributed by atoms with Gasteiger partial charge in [0.15, 0.2) is 0 Å². The average molecular weight is 141 g/mol. The number of carboxylic acids is 1. The predicted molar refractivity (Wildman–Crippen MR) is 39.6 cm³/mol. The Morgan fingerprint density at radius 1 is 1.80 bits per heavy atom. The van der Waals surface area contributed by atoms with E-state index in [1.54, 1.807) is 0 Å². The van der Waals surface area contributed by atoms with Crippen LogP contribution in [0.2, 0.25) is 0 Å². The van der Waals surface area contributed by atoms with Crippen LogP contribution in [0.1, 0.15) is 6.42 Å². The molecule has 3 N–H and O–H groups in total. The predicted octanol–water partition coefficient (Wildman–Crippen LogP) is 0.531. The van der Waals surface area contributed by atoms with Crippen LogP contribution in [0.3, 0.4) is 0 Å². The van der Waals surface area contributed by atoms with Gasteiger partial charge in [0.05, 0.1) is 0 Å². The third-order valence-corrected chi connectivity index (χ3v) is 1.09. The molecule has 0 aliphatic carbocycles. The molecule has 0 bridgehead atoms. The molecule has 56 valence electrons. The Balaban J connectivity index is 3.79. The highest BCUT2D eigenvalue weighted by Gasteiger charge is 2.10. The van der Waals surface area contributed by atoms with E-state index in [1.165, 1.54) is 6.08 Å². The molecule has 3 heteroatoms. The number of allylic oxidation sites excluding steroid dienone is 1. The lowest BCUT2D eigenvalue weighted by Gasteiger charge is -2.04. The Labute approximate surface area is 59.8 Å². The van der Waals surface area contributed by atoms with Gasteiger partial charge in [-0.1, -0.05) is 24.8 Å². The van der Waals surface area contributed by atoms with Crippen LogP contribution >= 0.6 is 0 Å². The molecule has 0 saturated carbocycles. The van der Waals surface area contributed by atoms with Gasteiger partial charge in [-0.25, -0.2) is 0 Å². The molecule has 1 unspecified atom stereocenters. The lowest BCUT2D eigenvalue weighted by Crippen LogP contribution is -2.30. The van der Waals surface area contributed by atoms with E-state index in [9.17, 15) is 4.79 Å². The molecule has 3 nitrogen and oxygen atoms in total. The molecular formula is C7H11NO2. The van der Waals surface area contributed by atoms with Crippen molar-refractivity contribution in [1.82, 2.24) is 0 Å². The van der Waals surface area contributed by atoms with E-state index >= 15 is 0 Å². The number of carbonyl (C=O) groups is 1. The number of carboxylic acid groups (broad SMARTS) is 1. The van der Waals surface area contributed by atoms with Crippen molar-refractivity contribution in [2.24, 2.45) is 5.73 Å². The zero-order chi connectivity index (χ0) is 8.15. The van der Waals surface area contributed by atoms with Gasteiger partial charge >= 0.3 is 5.97 Å². The van der Waals surface area contributed by atoms with Gasteiger partial charge in [0.1, 0.15) is 6.04 Å². The average Bonchev–Trinajstić information content (AvgIpc) is 1.87. The van der Waals surface area contributed by atoms with Crippen LogP contribution in [0.5, 0.6) is 0 Å². The Morgan fingerprint density at radius 3 is 2.60 bits per heavy atom. The molecule has 0 aliphatic rings. The first-order valence-corrected chi connectivity index (χ1v) is 2.86. The summed E-state index contributed by atoms with van der Waals surface area (Å²) in [4.78, 5) is 10.2. The molecule has 0 spiro atoms. The number of nitrogens with two attached hydrogens (primary N) is 1. The van der Waals surface area contributed by atoms with E-state index in [0.29, 0.717) is 5.57 Å². The molecule has 10 heavy (non-hydrogen) atoms. The highest BCUT2D eigenvalue weighted by atomic mass is 16.4. The number of aliphatic carboxylic acids is 1. The van der Waals surface area contributed by atoms with E-state index in [2.05, 4.69) is 13.2 Å². The van der Waals surface area contributed by atoms with Crippen molar-refractivity contribution < 1.29 is 9.90 Å². The first-order chi connectivity index (χ1) is 4.57. The Kier molecular flexibility index (Phi) is 3.43. The maximum atomic E-state index is 10.2. The van der Waals surface area contributed by atoms with E-state index in [-0.39, 0.29) is 6.42 Å². The van der Waals surface area contributed by atoms with Crippen LogP contribution in [0.4, 0.5) is 0 Å². The quantitative estimate of drug-likeness (QED) is 0.561. The van der Waals surface area contributed by atoms with Gasteiger partial charge in [0.25, 0.3) is 0 Å². The standard InChI is InChI=1S/C7H11NO2/c1-3-5(2)4-6(8)7(9)10/h3,6H,1-2,4,8H2,(H,9,10). The first kappa shape index (κ1) is 8.91. The van der Waals surface area contributed by atoms with Crippen LogP contribution in [0.15, 0.2) is 24.8 Å². The second-order valence-electron chi connectivity index (χ2n) is 2.01. The lowest BCUT2D eigenvalue weighted by atomic mass is 10.1. The highest BCUT2D eigenvalue weighted by molar-refractivity contribution is 5.73. The summed E-state index contributed by atoms with van der Waals surface area (Å²) in [6, 6.07) is -0.856. The summed E-state index contributed by atoms with van der Waals surface area (Å²) in [5.41, 5.74) is 5.83. The summed E-state index contributed by atoms with van der Waals surface area (Å²) in [5.74, 6) is -1.01. The van der Waals surface area contributed by atoms with Crippen LogP contribution in [-0.2, 0) is 4.79 Å². The summed E-state index contributed by atoms with van der Waals surface area (Å²) in [5, 5.41) is 8.33. The Bertz CT molecular complexity index is 163. The summed E-state index contributed by atoms with van der Waals surface area (Å²) >= 11 is 0. The smallest absolute Gasteiger partial charge is 0.320 e. The van der Waals surface area contributed by atoms with Crippen molar-refractivity contribution in [2.45, 2.75) is 12.5 Å². The van der Waals surface area contributed by atoms with Crippen LogP contribution in [-0.4, -0.2) is 17.1 Å². The molecule has 0 aromatic carbocycles. The molecule has 0 radical (unpaired) electrons. The van der Waals surface area contributed by atoms with Gasteiger partial charge in [-0.2, -0.15) is 0 Å². The highest BCUT2D eigenvalue weighted by Crippen LogP contribution is 2.01. The third kappa shape index (κ3) is 3.04. The molecule has 0 amide bonds. The van der Waals surface area contributed by atoms with E-state index in [0.717, 1.165) is 0 Å². The minimum Gasteiger partial charge on any atom is -0.480 e. The number of hydrogen-bond acceptors (Lipinski definition) is 2. The second kappa shape index (κ2) is 3.85. The van der Waals surface area contributed by atoms with Gasteiger partial charge in [0.2, 0.25) is 0 Å². The fraction of sp³-hybridized carbons (Fsp3) is 0.286. The molecule has 0 aromatic heterocycles. The number of hydrogen-bond donors (Lipinski definition) is 2. The SMILES string of the molecule is C=CC(=C)CC(N)C(=O)O. The third-order valence-electron chi connectivity index (χ3n) is 1.09.